The lowest BCUT2D eigenvalue weighted by molar-refractivity contribution is -0.384. The normalized spacial score (nSPS) is 13.9. The lowest BCUT2D eigenvalue weighted by Crippen LogP contribution is -2.19. The lowest BCUT2D eigenvalue weighted by Gasteiger charge is -2.20. The molecule has 15 heavy (non-hydrogen) atoms. The molecule has 4 heteroatoms. The Balaban J connectivity index is 2.99. The van der Waals surface area contributed by atoms with E-state index in [0.717, 1.165) is 0 Å². The third kappa shape index (κ3) is 2.55. The van der Waals surface area contributed by atoms with Crippen LogP contribution in [-0.4, -0.2) is 10.0 Å². The Hall–Kier alpha value is -1.86. The first-order valence-corrected chi connectivity index (χ1v) is 4.38. The third-order valence-electron chi connectivity index (χ3n) is 2.15. The number of hydrogen-bond donors (Lipinski definition) is 1. The van der Waals surface area contributed by atoms with Crippen molar-refractivity contribution >= 4 is 5.69 Å². The standard InChI is InChI=1S/C11H11NO3/c1-3-8-11(2,13)9-4-6-10(7-5-9)12(14)15/h1,4-7,13H,8H2,2H3. The van der Waals surface area contributed by atoms with Crippen LogP contribution in [0.2, 0.25) is 0 Å². The van der Waals surface area contributed by atoms with E-state index in [-0.39, 0.29) is 12.1 Å². The number of hydrogen-bond acceptors (Lipinski definition) is 3. The van der Waals surface area contributed by atoms with Crippen molar-refractivity contribution < 1.29 is 10.0 Å². The maximum atomic E-state index is 10.4. The number of nitrogens with zero attached hydrogens (tertiary/aromatic N) is 1. The third-order valence-corrected chi connectivity index (χ3v) is 2.15. The molecule has 0 aliphatic rings. The van der Waals surface area contributed by atoms with Crippen LogP contribution < -0.4 is 0 Å². The summed E-state index contributed by atoms with van der Waals surface area (Å²) in [5, 5.41) is 20.3. The molecular weight excluding hydrogens is 194 g/mol. The molecule has 1 atom stereocenters. The minimum absolute atomic E-state index is 0.00439. The van der Waals surface area contributed by atoms with Gasteiger partial charge in [0, 0.05) is 18.6 Å². The van der Waals surface area contributed by atoms with Crippen LogP contribution in [0.25, 0.3) is 0 Å². The number of nitro groups is 1. The Kier molecular flexibility index (Phi) is 3.08. The molecule has 0 aromatic heterocycles. The highest BCUT2D eigenvalue weighted by molar-refractivity contribution is 5.35. The Morgan fingerprint density at radius 2 is 2.07 bits per heavy atom. The second kappa shape index (κ2) is 4.11. The van der Waals surface area contributed by atoms with Gasteiger partial charge in [0.15, 0.2) is 0 Å². The van der Waals surface area contributed by atoms with Crippen molar-refractivity contribution in [1.82, 2.24) is 0 Å². The molecule has 0 fully saturated rings. The number of non-ortho nitro benzene ring substituents is 1. The van der Waals surface area contributed by atoms with Crippen LogP contribution >= 0.6 is 0 Å². The number of benzene rings is 1. The number of terminal acetylenes is 1. The first-order chi connectivity index (χ1) is 6.97. The fourth-order valence-electron chi connectivity index (χ4n) is 1.24. The van der Waals surface area contributed by atoms with Crippen molar-refractivity contribution in [1.29, 1.82) is 0 Å². The first-order valence-electron chi connectivity index (χ1n) is 4.38. The fraction of sp³-hybridized carbons (Fsp3) is 0.273. The average Bonchev–Trinajstić information content (AvgIpc) is 2.18. The molecule has 1 aromatic carbocycles. The zero-order chi connectivity index (χ0) is 11.5. The van der Waals surface area contributed by atoms with E-state index >= 15 is 0 Å². The molecule has 1 N–H and O–H groups in total. The van der Waals surface area contributed by atoms with Gasteiger partial charge in [-0.3, -0.25) is 10.1 Å². The van der Waals surface area contributed by atoms with Gasteiger partial charge in [-0.15, -0.1) is 12.3 Å². The highest BCUT2D eigenvalue weighted by atomic mass is 16.6. The summed E-state index contributed by atoms with van der Waals surface area (Å²) in [7, 11) is 0. The monoisotopic (exact) mass is 205 g/mol. The van der Waals surface area contributed by atoms with E-state index in [1.807, 2.05) is 0 Å². The molecule has 78 valence electrons. The van der Waals surface area contributed by atoms with E-state index in [2.05, 4.69) is 5.92 Å². The minimum Gasteiger partial charge on any atom is -0.384 e. The average molecular weight is 205 g/mol. The van der Waals surface area contributed by atoms with E-state index in [9.17, 15) is 15.2 Å². The highest BCUT2D eigenvalue weighted by Gasteiger charge is 2.22. The molecule has 0 saturated heterocycles. The van der Waals surface area contributed by atoms with Crippen molar-refractivity contribution in [2.45, 2.75) is 18.9 Å². The molecule has 1 unspecified atom stereocenters. The molecule has 0 bridgehead atoms. The molecule has 0 spiro atoms. The molecule has 4 nitrogen and oxygen atoms in total. The van der Waals surface area contributed by atoms with Gasteiger partial charge in [-0.1, -0.05) is 0 Å². The van der Waals surface area contributed by atoms with Crippen molar-refractivity contribution in [3.8, 4) is 12.3 Å². The van der Waals surface area contributed by atoms with Crippen molar-refractivity contribution in [3.63, 3.8) is 0 Å². The maximum absolute atomic E-state index is 10.4. The summed E-state index contributed by atoms with van der Waals surface area (Å²) in [5.74, 6) is 2.36. The van der Waals surface area contributed by atoms with Gasteiger partial charge in [-0.05, 0) is 24.6 Å². The largest absolute Gasteiger partial charge is 0.384 e. The van der Waals surface area contributed by atoms with E-state index < -0.39 is 10.5 Å². The zero-order valence-electron chi connectivity index (χ0n) is 8.30. The zero-order valence-corrected chi connectivity index (χ0v) is 8.30. The summed E-state index contributed by atoms with van der Waals surface area (Å²) in [6, 6.07) is 5.71. The van der Waals surface area contributed by atoms with Crippen LogP contribution in [0.4, 0.5) is 5.69 Å². The molecule has 0 heterocycles. The second-order valence-corrected chi connectivity index (χ2v) is 3.46. The van der Waals surface area contributed by atoms with Crippen LogP contribution in [0.1, 0.15) is 18.9 Å². The van der Waals surface area contributed by atoms with E-state index in [1.54, 1.807) is 6.92 Å². The van der Waals surface area contributed by atoms with Crippen LogP contribution in [-0.2, 0) is 5.60 Å². The minimum atomic E-state index is -1.14. The van der Waals surface area contributed by atoms with Crippen LogP contribution in [0.5, 0.6) is 0 Å². The molecule has 0 amide bonds. The summed E-state index contributed by atoms with van der Waals surface area (Å²) < 4.78 is 0. The molecule has 0 radical (unpaired) electrons. The van der Waals surface area contributed by atoms with Crippen molar-refractivity contribution in [2.24, 2.45) is 0 Å². The van der Waals surface area contributed by atoms with Crippen LogP contribution in [0.3, 0.4) is 0 Å². The van der Waals surface area contributed by atoms with E-state index in [0.29, 0.717) is 5.56 Å². The van der Waals surface area contributed by atoms with Gasteiger partial charge >= 0.3 is 0 Å². The Bertz CT molecular complexity index is 401. The first kappa shape index (κ1) is 11.2. The molecule has 0 aliphatic heterocycles. The van der Waals surface area contributed by atoms with Gasteiger partial charge in [-0.2, -0.15) is 0 Å². The molecular formula is C11H11NO3. The summed E-state index contributed by atoms with van der Waals surface area (Å²) >= 11 is 0. The smallest absolute Gasteiger partial charge is 0.269 e. The summed E-state index contributed by atoms with van der Waals surface area (Å²) in [5.41, 5.74) is -0.564. The SMILES string of the molecule is C#CCC(C)(O)c1ccc([N+](=O)[O-])cc1. The molecule has 1 rings (SSSR count). The van der Waals surface area contributed by atoms with Gasteiger partial charge in [-0.25, -0.2) is 0 Å². The summed E-state index contributed by atoms with van der Waals surface area (Å²) in [4.78, 5) is 9.91. The van der Waals surface area contributed by atoms with Gasteiger partial charge in [0.1, 0.15) is 0 Å². The Morgan fingerprint density at radius 3 is 2.47 bits per heavy atom. The van der Waals surface area contributed by atoms with Gasteiger partial charge in [0.05, 0.1) is 10.5 Å². The fourth-order valence-corrected chi connectivity index (χ4v) is 1.24. The van der Waals surface area contributed by atoms with E-state index in [4.69, 9.17) is 6.42 Å². The van der Waals surface area contributed by atoms with E-state index in [1.165, 1.54) is 24.3 Å². The predicted octanol–water partition coefficient (Wildman–Crippen LogP) is 1.83. The van der Waals surface area contributed by atoms with Crippen LogP contribution in [0.15, 0.2) is 24.3 Å². The van der Waals surface area contributed by atoms with Crippen molar-refractivity contribution in [2.75, 3.05) is 0 Å². The number of aliphatic hydroxyl groups is 1. The second-order valence-electron chi connectivity index (χ2n) is 3.46. The Labute approximate surface area is 87.7 Å². The van der Waals surface area contributed by atoms with Gasteiger partial charge < -0.3 is 5.11 Å². The lowest BCUT2D eigenvalue weighted by atomic mass is 9.93. The topological polar surface area (TPSA) is 63.4 Å². The molecule has 0 aliphatic carbocycles. The summed E-state index contributed by atoms with van der Waals surface area (Å²) in [6.45, 7) is 1.58. The number of rotatable bonds is 3. The number of nitro benzene ring substituents is 1. The maximum Gasteiger partial charge on any atom is 0.269 e. The van der Waals surface area contributed by atoms with Crippen molar-refractivity contribution in [3.05, 3.63) is 39.9 Å². The highest BCUT2D eigenvalue weighted by Crippen LogP contribution is 2.25. The quantitative estimate of drug-likeness (QED) is 0.465. The predicted molar refractivity (Wildman–Crippen MR) is 56.1 cm³/mol. The van der Waals surface area contributed by atoms with Gasteiger partial charge in [0.25, 0.3) is 5.69 Å². The summed E-state index contributed by atoms with van der Waals surface area (Å²) in [6.07, 6.45) is 5.28. The van der Waals surface area contributed by atoms with Gasteiger partial charge in [0.2, 0.25) is 0 Å². The van der Waals surface area contributed by atoms with Crippen LogP contribution in [0, 0.1) is 22.5 Å². The Morgan fingerprint density at radius 1 is 1.53 bits per heavy atom. The molecule has 0 saturated carbocycles. The molecule has 1 aromatic rings.